The first kappa shape index (κ1) is 21.5. The number of benzene rings is 2. The van der Waals surface area contributed by atoms with Gasteiger partial charge in [-0.3, -0.25) is 10.3 Å². The fourth-order valence-corrected chi connectivity index (χ4v) is 4.06. The van der Waals surface area contributed by atoms with Gasteiger partial charge in [-0.2, -0.15) is 5.10 Å². The Balaban J connectivity index is 1.56. The SMILES string of the molecule is N=CN=C(N)c1ccc(-c2cnn3ccc(N4C(=O)OCC4c4cccc(Cl)c4)nc23)cc1F. The summed E-state index contributed by atoms with van der Waals surface area (Å²) in [6.07, 6.45) is 3.45. The average Bonchev–Trinajstić information content (AvgIpc) is 3.42. The van der Waals surface area contributed by atoms with Crippen molar-refractivity contribution in [3.63, 3.8) is 0 Å². The van der Waals surface area contributed by atoms with Gasteiger partial charge in [0.15, 0.2) is 5.65 Å². The van der Waals surface area contributed by atoms with Gasteiger partial charge in [0.1, 0.15) is 36.5 Å². The van der Waals surface area contributed by atoms with Gasteiger partial charge >= 0.3 is 6.09 Å². The van der Waals surface area contributed by atoms with Gasteiger partial charge in [-0.15, -0.1) is 0 Å². The van der Waals surface area contributed by atoms with Gasteiger partial charge in [0.25, 0.3) is 0 Å². The number of nitrogens with one attached hydrogen (secondary N) is 1. The van der Waals surface area contributed by atoms with Gasteiger partial charge in [-0.05, 0) is 41.5 Å². The molecule has 3 heterocycles. The number of ether oxygens (including phenoxy) is 1. The first-order valence-electron chi connectivity index (χ1n) is 10.1. The van der Waals surface area contributed by atoms with Crippen LogP contribution >= 0.6 is 11.6 Å². The van der Waals surface area contributed by atoms with E-state index in [1.807, 2.05) is 12.1 Å². The van der Waals surface area contributed by atoms with Crippen LogP contribution in [0.4, 0.5) is 15.0 Å². The number of aromatic nitrogens is 3. The van der Waals surface area contributed by atoms with Gasteiger partial charge in [0.05, 0.1) is 11.8 Å². The second kappa shape index (κ2) is 8.56. The second-order valence-corrected chi connectivity index (χ2v) is 7.90. The third-order valence-electron chi connectivity index (χ3n) is 5.47. The molecule has 9 nitrogen and oxygen atoms in total. The summed E-state index contributed by atoms with van der Waals surface area (Å²) in [5, 5.41) is 11.8. The number of hydrogen-bond acceptors (Lipinski definition) is 5. The van der Waals surface area contributed by atoms with E-state index < -0.39 is 18.0 Å². The molecule has 0 bridgehead atoms. The average molecular weight is 478 g/mol. The lowest BCUT2D eigenvalue weighted by molar-refractivity contribution is 0.179. The number of carbonyl (C=O) groups excluding carboxylic acids is 1. The molecule has 1 aliphatic rings. The summed E-state index contributed by atoms with van der Waals surface area (Å²) in [4.78, 5) is 22.3. The molecule has 1 unspecified atom stereocenters. The largest absolute Gasteiger partial charge is 0.447 e. The van der Waals surface area contributed by atoms with Gasteiger partial charge in [-0.25, -0.2) is 23.7 Å². The van der Waals surface area contributed by atoms with Crippen molar-refractivity contribution in [2.75, 3.05) is 11.5 Å². The van der Waals surface area contributed by atoms with Crippen molar-refractivity contribution < 1.29 is 13.9 Å². The summed E-state index contributed by atoms with van der Waals surface area (Å²) in [5.74, 6) is -0.333. The maximum absolute atomic E-state index is 14.7. The first-order valence-corrected chi connectivity index (χ1v) is 10.5. The Morgan fingerprint density at radius 2 is 2.15 bits per heavy atom. The van der Waals surface area contributed by atoms with Gasteiger partial charge in [-0.1, -0.05) is 29.8 Å². The van der Waals surface area contributed by atoms with Crippen molar-refractivity contribution >= 4 is 41.3 Å². The molecule has 1 aliphatic heterocycles. The van der Waals surface area contributed by atoms with Crippen LogP contribution in [0.2, 0.25) is 5.02 Å². The molecule has 11 heteroatoms. The number of rotatable bonds is 5. The highest BCUT2D eigenvalue weighted by Crippen LogP contribution is 2.34. The van der Waals surface area contributed by atoms with Crippen LogP contribution in [0.15, 0.2) is 65.9 Å². The lowest BCUT2D eigenvalue weighted by Gasteiger charge is -2.21. The fourth-order valence-electron chi connectivity index (χ4n) is 3.86. The highest BCUT2D eigenvalue weighted by molar-refractivity contribution is 6.30. The molecule has 1 saturated heterocycles. The number of cyclic esters (lactones) is 1. The van der Waals surface area contributed by atoms with Crippen LogP contribution in [0.5, 0.6) is 0 Å². The number of amidine groups is 1. The fraction of sp³-hybridized carbons (Fsp3) is 0.0870. The Hall–Kier alpha value is -4.31. The van der Waals surface area contributed by atoms with E-state index in [1.54, 1.807) is 36.7 Å². The Morgan fingerprint density at radius 3 is 2.91 bits per heavy atom. The molecule has 1 atom stereocenters. The zero-order valence-corrected chi connectivity index (χ0v) is 18.3. The summed E-state index contributed by atoms with van der Waals surface area (Å²) in [7, 11) is 0. The van der Waals surface area contributed by atoms with Crippen LogP contribution in [-0.2, 0) is 4.74 Å². The first-order chi connectivity index (χ1) is 16.5. The maximum Gasteiger partial charge on any atom is 0.416 e. The van der Waals surface area contributed by atoms with Gasteiger partial charge in [0.2, 0.25) is 0 Å². The number of carbonyl (C=O) groups is 1. The summed E-state index contributed by atoms with van der Waals surface area (Å²) < 4.78 is 21.5. The standard InChI is InChI=1S/C23H17ClFN7O2/c24-15-3-1-2-14(8-15)19-11-34-23(33)32(19)20-6-7-31-22(30-20)17(10-29-31)13-4-5-16(18(25)9-13)21(27)28-12-26/h1-10,12,19H,11H2,(H3,26,27,28). The monoisotopic (exact) mass is 477 g/mol. The van der Waals surface area contributed by atoms with E-state index in [0.717, 1.165) is 11.9 Å². The predicted molar refractivity (Wildman–Crippen MR) is 126 cm³/mol. The summed E-state index contributed by atoms with van der Waals surface area (Å²) in [6.45, 7) is 0.156. The number of fused-ring (bicyclic) bond motifs is 1. The number of aliphatic imine (C=N–C) groups is 1. The number of amides is 1. The highest BCUT2D eigenvalue weighted by Gasteiger charge is 2.36. The van der Waals surface area contributed by atoms with Crippen molar-refractivity contribution in [2.24, 2.45) is 10.7 Å². The van der Waals surface area contributed by atoms with Crippen LogP contribution in [0.1, 0.15) is 17.2 Å². The number of halogens is 2. The summed E-state index contributed by atoms with van der Waals surface area (Å²) in [6, 6.07) is 12.9. The van der Waals surface area contributed by atoms with Crippen LogP contribution < -0.4 is 10.6 Å². The lowest BCUT2D eigenvalue weighted by atomic mass is 10.1. The van der Waals surface area contributed by atoms with Gasteiger partial charge in [0, 0.05) is 16.8 Å². The predicted octanol–water partition coefficient (Wildman–Crippen LogP) is 4.20. The van der Waals surface area contributed by atoms with Crippen LogP contribution in [0.3, 0.4) is 0 Å². The minimum atomic E-state index is -0.597. The third-order valence-corrected chi connectivity index (χ3v) is 5.70. The maximum atomic E-state index is 14.7. The molecular formula is C23H17ClFN7O2. The Bertz CT molecular complexity index is 1470. The van der Waals surface area contributed by atoms with E-state index in [0.29, 0.717) is 27.6 Å². The number of nitrogens with two attached hydrogens (primary N) is 1. The van der Waals surface area contributed by atoms with E-state index in [4.69, 9.17) is 27.5 Å². The van der Waals surface area contributed by atoms with E-state index in [1.165, 1.54) is 21.5 Å². The van der Waals surface area contributed by atoms with Crippen molar-refractivity contribution in [1.82, 2.24) is 14.6 Å². The van der Waals surface area contributed by atoms with Crippen LogP contribution in [0.25, 0.3) is 16.8 Å². The van der Waals surface area contributed by atoms with Crippen LogP contribution in [0, 0.1) is 11.2 Å². The molecule has 2 aromatic heterocycles. The second-order valence-electron chi connectivity index (χ2n) is 7.47. The smallest absolute Gasteiger partial charge is 0.416 e. The molecule has 4 aromatic rings. The van der Waals surface area contributed by atoms with E-state index in [2.05, 4.69) is 15.1 Å². The zero-order chi connectivity index (χ0) is 23.8. The van der Waals surface area contributed by atoms with Crippen LogP contribution in [-0.4, -0.2) is 39.5 Å². The minimum Gasteiger partial charge on any atom is -0.447 e. The Kier molecular flexibility index (Phi) is 5.42. The van der Waals surface area contributed by atoms with Crippen molar-refractivity contribution in [3.8, 4) is 11.1 Å². The quantitative estimate of drug-likeness (QED) is 0.329. The highest BCUT2D eigenvalue weighted by atomic mass is 35.5. The molecule has 0 saturated carbocycles. The molecule has 2 aromatic carbocycles. The number of anilines is 1. The molecule has 170 valence electrons. The molecule has 0 spiro atoms. The minimum absolute atomic E-state index is 0.0848. The van der Waals surface area contributed by atoms with E-state index >= 15 is 0 Å². The van der Waals surface area contributed by atoms with Crippen molar-refractivity contribution in [1.29, 1.82) is 5.41 Å². The van der Waals surface area contributed by atoms with Crippen molar-refractivity contribution in [3.05, 3.63) is 82.9 Å². The van der Waals surface area contributed by atoms with Crippen molar-refractivity contribution in [2.45, 2.75) is 6.04 Å². The molecule has 34 heavy (non-hydrogen) atoms. The molecule has 3 N–H and O–H groups in total. The molecule has 1 amide bonds. The van der Waals surface area contributed by atoms with Gasteiger partial charge < -0.3 is 10.5 Å². The van der Waals surface area contributed by atoms with E-state index in [9.17, 15) is 9.18 Å². The normalized spacial score (nSPS) is 16.2. The molecule has 5 rings (SSSR count). The number of nitrogens with zero attached hydrogens (tertiary/aromatic N) is 5. The molecule has 1 fully saturated rings. The third kappa shape index (κ3) is 3.73. The molecular weight excluding hydrogens is 461 g/mol. The Labute approximate surface area is 197 Å². The molecule has 0 aliphatic carbocycles. The zero-order valence-electron chi connectivity index (χ0n) is 17.5. The van der Waals surface area contributed by atoms with E-state index in [-0.39, 0.29) is 18.0 Å². The summed E-state index contributed by atoms with van der Waals surface area (Å²) >= 11 is 6.14. The lowest BCUT2D eigenvalue weighted by Crippen LogP contribution is -2.28. The topological polar surface area (TPSA) is 122 Å². The molecule has 0 radical (unpaired) electrons. The summed E-state index contributed by atoms with van der Waals surface area (Å²) in [5.41, 5.74) is 8.11. The number of hydrogen-bond donors (Lipinski definition) is 2. The Morgan fingerprint density at radius 1 is 1.29 bits per heavy atom.